The third-order valence-electron chi connectivity index (χ3n) is 5.65. The van der Waals surface area contributed by atoms with Gasteiger partial charge in [0.15, 0.2) is 0 Å². The van der Waals surface area contributed by atoms with Crippen LogP contribution in [0.2, 0.25) is 0 Å². The Kier molecular flexibility index (Phi) is 7.41. The molecule has 0 spiro atoms. The summed E-state index contributed by atoms with van der Waals surface area (Å²) in [6.07, 6.45) is 17.7. The van der Waals surface area contributed by atoms with Gasteiger partial charge in [0, 0.05) is 6.04 Å². The van der Waals surface area contributed by atoms with Gasteiger partial charge in [-0.2, -0.15) is 0 Å². The second kappa shape index (κ2) is 9.07. The molecule has 0 aromatic rings. The van der Waals surface area contributed by atoms with Gasteiger partial charge >= 0.3 is 0 Å². The summed E-state index contributed by atoms with van der Waals surface area (Å²) in [7, 11) is 0. The molecule has 0 aromatic heterocycles. The molecule has 0 radical (unpaired) electrons. The normalized spacial score (nSPS) is 22.8. The summed E-state index contributed by atoms with van der Waals surface area (Å²) < 4.78 is 0. The van der Waals surface area contributed by atoms with E-state index in [0.29, 0.717) is 0 Å². The third-order valence-corrected chi connectivity index (χ3v) is 5.65. The Morgan fingerprint density at radius 3 is 1.75 bits per heavy atom. The van der Waals surface area contributed by atoms with Crippen LogP contribution in [-0.4, -0.2) is 12.6 Å². The van der Waals surface area contributed by atoms with Gasteiger partial charge in [-0.1, -0.05) is 52.4 Å². The van der Waals surface area contributed by atoms with Crippen LogP contribution in [0.15, 0.2) is 0 Å². The Hall–Kier alpha value is -0.0400. The highest BCUT2D eigenvalue weighted by atomic mass is 14.9. The van der Waals surface area contributed by atoms with Crippen LogP contribution in [0.1, 0.15) is 90.9 Å². The van der Waals surface area contributed by atoms with Crippen LogP contribution < -0.4 is 5.32 Å². The molecule has 1 N–H and O–H groups in total. The minimum atomic E-state index is 0.850. The third kappa shape index (κ3) is 5.39. The van der Waals surface area contributed by atoms with Crippen molar-refractivity contribution in [1.29, 1.82) is 0 Å². The van der Waals surface area contributed by atoms with Gasteiger partial charge in [0.25, 0.3) is 0 Å². The van der Waals surface area contributed by atoms with Crippen LogP contribution in [0.25, 0.3) is 0 Å². The van der Waals surface area contributed by atoms with Crippen LogP contribution in [0.3, 0.4) is 0 Å². The lowest BCUT2D eigenvalue weighted by Crippen LogP contribution is -2.44. The summed E-state index contributed by atoms with van der Waals surface area (Å²) in [5, 5.41) is 4.01. The highest BCUT2D eigenvalue weighted by Crippen LogP contribution is 2.35. The van der Waals surface area contributed by atoms with Gasteiger partial charge in [0.1, 0.15) is 0 Å². The smallest absolute Gasteiger partial charge is 0.0124 e. The Bertz CT molecular complexity index is 218. The SMILES string of the molecule is CC(C)CCCNC(C1CCCCC1)C1CCCCC1. The Labute approximate surface area is 127 Å². The molecule has 0 atom stereocenters. The standard InChI is InChI=1S/C19H37N/c1-16(2)10-9-15-20-19(17-11-5-3-6-12-17)18-13-7-4-8-14-18/h16-20H,3-15H2,1-2H3. The van der Waals surface area contributed by atoms with Crippen molar-refractivity contribution in [1.82, 2.24) is 5.32 Å². The summed E-state index contributed by atoms with van der Waals surface area (Å²) in [6, 6.07) is 0.850. The molecule has 0 bridgehead atoms. The molecule has 2 aliphatic carbocycles. The Morgan fingerprint density at radius 1 is 0.800 bits per heavy atom. The van der Waals surface area contributed by atoms with Gasteiger partial charge in [-0.15, -0.1) is 0 Å². The summed E-state index contributed by atoms with van der Waals surface area (Å²) in [5.74, 6) is 2.84. The number of hydrogen-bond acceptors (Lipinski definition) is 1. The fourth-order valence-electron chi connectivity index (χ4n) is 4.48. The van der Waals surface area contributed by atoms with E-state index in [1.54, 1.807) is 0 Å². The molecule has 1 nitrogen and oxygen atoms in total. The van der Waals surface area contributed by atoms with Crippen LogP contribution in [-0.2, 0) is 0 Å². The van der Waals surface area contributed by atoms with Gasteiger partial charge in [-0.3, -0.25) is 0 Å². The number of hydrogen-bond donors (Lipinski definition) is 1. The second-order valence-electron chi connectivity index (χ2n) is 7.81. The van der Waals surface area contributed by atoms with Gasteiger partial charge in [-0.25, -0.2) is 0 Å². The molecule has 2 aliphatic rings. The zero-order valence-electron chi connectivity index (χ0n) is 14.0. The molecule has 118 valence electrons. The zero-order valence-corrected chi connectivity index (χ0v) is 14.0. The van der Waals surface area contributed by atoms with Crippen LogP contribution in [0.5, 0.6) is 0 Å². The predicted octanol–water partition coefficient (Wildman–Crippen LogP) is 5.54. The minimum Gasteiger partial charge on any atom is -0.313 e. The zero-order chi connectivity index (χ0) is 14.2. The topological polar surface area (TPSA) is 12.0 Å². The highest BCUT2D eigenvalue weighted by Gasteiger charge is 2.30. The van der Waals surface area contributed by atoms with Crippen molar-refractivity contribution >= 4 is 0 Å². The minimum absolute atomic E-state index is 0.850. The van der Waals surface area contributed by atoms with E-state index in [9.17, 15) is 0 Å². The van der Waals surface area contributed by atoms with E-state index in [2.05, 4.69) is 19.2 Å². The summed E-state index contributed by atoms with van der Waals surface area (Å²) >= 11 is 0. The fourth-order valence-corrected chi connectivity index (χ4v) is 4.48. The van der Waals surface area contributed by atoms with Gasteiger partial charge in [0.2, 0.25) is 0 Å². The predicted molar refractivity (Wildman–Crippen MR) is 89.0 cm³/mol. The summed E-state index contributed by atoms with van der Waals surface area (Å²) in [4.78, 5) is 0. The molecule has 2 rings (SSSR count). The molecule has 0 aromatic carbocycles. The van der Waals surface area contributed by atoms with Gasteiger partial charge in [0.05, 0.1) is 0 Å². The molecular weight excluding hydrogens is 242 g/mol. The Morgan fingerprint density at radius 2 is 1.30 bits per heavy atom. The number of rotatable bonds is 7. The molecule has 2 saturated carbocycles. The first-order valence-corrected chi connectivity index (χ1v) is 9.50. The van der Waals surface area contributed by atoms with Crippen molar-refractivity contribution < 1.29 is 0 Å². The van der Waals surface area contributed by atoms with E-state index in [4.69, 9.17) is 0 Å². The Balaban J connectivity index is 1.81. The van der Waals surface area contributed by atoms with Gasteiger partial charge < -0.3 is 5.32 Å². The van der Waals surface area contributed by atoms with Crippen LogP contribution >= 0.6 is 0 Å². The summed E-state index contributed by atoms with van der Waals surface area (Å²) in [6.45, 7) is 5.95. The summed E-state index contributed by atoms with van der Waals surface area (Å²) in [5.41, 5.74) is 0. The van der Waals surface area contributed by atoms with Crippen molar-refractivity contribution in [2.75, 3.05) is 6.54 Å². The van der Waals surface area contributed by atoms with Crippen LogP contribution in [0.4, 0.5) is 0 Å². The molecule has 0 saturated heterocycles. The maximum atomic E-state index is 4.01. The lowest BCUT2D eigenvalue weighted by molar-refractivity contribution is 0.171. The molecule has 0 heterocycles. The van der Waals surface area contributed by atoms with Gasteiger partial charge in [-0.05, 0) is 62.8 Å². The first-order valence-electron chi connectivity index (χ1n) is 9.50. The van der Waals surface area contributed by atoms with E-state index in [1.807, 2.05) is 0 Å². The first kappa shape index (κ1) is 16.3. The maximum Gasteiger partial charge on any atom is 0.0124 e. The highest BCUT2D eigenvalue weighted by molar-refractivity contribution is 4.86. The second-order valence-corrected chi connectivity index (χ2v) is 7.81. The quantitative estimate of drug-likeness (QED) is 0.603. The lowest BCUT2D eigenvalue weighted by atomic mass is 9.73. The van der Waals surface area contributed by atoms with E-state index >= 15 is 0 Å². The largest absolute Gasteiger partial charge is 0.313 e. The van der Waals surface area contributed by atoms with E-state index < -0.39 is 0 Å². The van der Waals surface area contributed by atoms with Crippen molar-refractivity contribution in [2.45, 2.75) is 96.9 Å². The molecular formula is C19H37N. The van der Waals surface area contributed by atoms with Crippen LogP contribution in [0, 0.1) is 17.8 Å². The first-order chi connectivity index (χ1) is 9.77. The lowest BCUT2D eigenvalue weighted by Gasteiger charge is -2.38. The number of nitrogens with one attached hydrogen (secondary N) is 1. The fraction of sp³-hybridized carbons (Fsp3) is 1.00. The van der Waals surface area contributed by atoms with E-state index in [-0.39, 0.29) is 0 Å². The maximum absolute atomic E-state index is 4.01. The molecule has 1 heteroatoms. The molecule has 0 unspecified atom stereocenters. The average Bonchev–Trinajstić information content (AvgIpc) is 2.49. The van der Waals surface area contributed by atoms with E-state index in [1.165, 1.54) is 83.6 Å². The molecule has 0 aliphatic heterocycles. The molecule has 20 heavy (non-hydrogen) atoms. The monoisotopic (exact) mass is 279 g/mol. The van der Waals surface area contributed by atoms with Crippen molar-refractivity contribution in [3.63, 3.8) is 0 Å². The average molecular weight is 280 g/mol. The molecule has 2 fully saturated rings. The van der Waals surface area contributed by atoms with Crippen molar-refractivity contribution in [3.05, 3.63) is 0 Å². The molecule has 0 amide bonds. The van der Waals surface area contributed by atoms with Crippen molar-refractivity contribution in [3.8, 4) is 0 Å². The van der Waals surface area contributed by atoms with Crippen molar-refractivity contribution in [2.24, 2.45) is 17.8 Å². The van der Waals surface area contributed by atoms with E-state index in [0.717, 1.165) is 23.8 Å².